The van der Waals surface area contributed by atoms with E-state index in [0.717, 1.165) is 11.1 Å². The predicted molar refractivity (Wildman–Crippen MR) is 98.1 cm³/mol. The minimum Gasteiger partial charge on any atom is -0.355 e. The summed E-state index contributed by atoms with van der Waals surface area (Å²) in [5.74, 6) is -0.771. The van der Waals surface area contributed by atoms with Crippen molar-refractivity contribution in [1.29, 1.82) is 0 Å². The van der Waals surface area contributed by atoms with E-state index in [1.807, 2.05) is 12.1 Å². The maximum Gasteiger partial charge on any atom is 0.235 e. The van der Waals surface area contributed by atoms with Gasteiger partial charge in [-0.05, 0) is 54.7 Å². The van der Waals surface area contributed by atoms with Gasteiger partial charge in [-0.3, -0.25) is 9.59 Å². The average molecular weight is 375 g/mol. The molecule has 0 atom stereocenters. The van der Waals surface area contributed by atoms with Crippen LogP contribution in [-0.2, 0) is 22.6 Å². The molecule has 4 nitrogen and oxygen atoms in total. The summed E-state index contributed by atoms with van der Waals surface area (Å²) in [6.45, 7) is 0.775. The van der Waals surface area contributed by atoms with Gasteiger partial charge in [0.25, 0.3) is 0 Å². The molecule has 1 aliphatic rings. The number of hydrogen-bond acceptors (Lipinski definition) is 2. The summed E-state index contributed by atoms with van der Waals surface area (Å²) in [6.07, 6.45) is 1.71. The lowest BCUT2D eigenvalue weighted by Crippen LogP contribution is -2.43. The van der Waals surface area contributed by atoms with Crippen molar-refractivity contribution in [1.82, 2.24) is 10.6 Å². The molecule has 1 saturated carbocycles. The van der Waals surface area contributed by atoms with Crippen molar-refractivity contribution in [3.63, 3.8) is 0 Å². The van der Waals surface area contributed by atoms with Crippen molar-refractivity contribution in [2.45, 2.75) is 25.8 Å². The number of halogens is 2. The lowest BCUT2D eigenvalue weighted by atomic mass is 10.0. The highest BCUT2D eigenvalue weighted by Crippen LogP contribution is 2.46. The number of benzene rings is 2. The highest BCUT2D eigenvalue weighted by Gasteiger charge is 2.56. The van der Waals surface area contributed by atoms with Crippen molar-refractivity contribution in [2.75, 3.05) is 6.54 Å². The standard InChI is InChI=1S/C20H20ClFN2O2/c21-16-5-1-15(2-6-16)13-24-19(26)20(10-11-20)18(25)23-12-9-14-3-7-17(22)8-4-14/h1-8H,9-13H2,(H,23,25)(H,24,26). The third-order valence-corrected chi connectivity index (χ3v) is 4.85. The molecule has 6 heteroatoms. The molecule has 0 unspecified atom stereocenters. The maximum absolute atomic E-state index is 12.9. The Morgan fingerprint density at radius 2 is 1.50 bits per heavy atom. The zero-order valence-corrected chi connectivity index (χ0v) is 15.0. The van der Waals surface area contributed by atoms with Gasteiger partial charge in [0.2, 0.25) is 11.8 Å². The first kappa shape index (κ1) is 18.4. The zero-order valence-electron chi connectivity index (χ0n) is 14.2. The molecule has 2 N–H and O–H groups in total. The monoisotopic (exact) mass is 374 g/mol. The molecule has 1 fully saturated rings. The second-order valence-corrected chi connectivity index (χ2v) is 6.96. The van der Waals surface area contributed by atoms with Crippen LogP contribution in [0.5, 0.6) is 0 Å². The van der Waals surface area contributed by atoms with Gasteiger partial charge >= 0.3 is 0 Å². The molecule has 0 aromatic heterocycles. The summed E-state index contributed by atoms with van der Waals surface area (Å²) in [5.41, 5.74) is 0.911. The Hall–Kier alpha value is -2.40. The van der Waals surface area contributed by atoms with Crippen LogP contribution < -0.4 is 10.6 Å². The van der Waals surface area contributed by atoms with Crippen LogP contribution in [0.3, 0.4) is 0 Å². The van der Waals surface area contributed by atoms with Crippen molar-refractivity contribution >= 4 is 23.4 Å². The molecule has 0 radical (unpaired) electrons. The molecule has 0 spiro atoms. The number of carbonyl (C=O) groups excluding carboxylic acids is 2. The van der Waals surface area contributed by atoms with Gasteiger partial charge in [-0.2, -0.15) is 0 Å². The summed E-state index contributed by atoms with van der Waals surface area (Å²) < 4.78 is 12.9. The van der Waals surface area contributed by atoms with Crippen LogP contribution in [0.15, 0.2) is 48.5 Å². The second-order valence-electron chi connectivity index (χ2n) is 6.52. The fourth-order valence-electron chi connectivity index (χ4n) is 2.78. The third kappa shape index (κ3) is 4.41. The highest BCUT2D eigenvalue weighted by atomic mass is 35.5. The Kier molecular flexibility index (Phi) is 5.57. The van der Waals surface area contributed by atoms with E-state index < -0.39 is 5.41 Å². The van der Waals surface area contributed by atoms with Crippen LogP contribution >= 0.6 is 11.6 Å². The molecule has 2 amide bonds. The summed E-state index contributed by atoms with van der Waals surface area (Å²) in [6, 6.07) is 13.4. The largest absolute Gasteiger partial charge is 0.355 e. The predicted octanol–water partition coefficient (Wildman–Crippen LogP) is 3.23. The zero-order chi connectivity index (χ0) is 18.6. The van der Waals surface area contributed by atoms with Gasteiger partial charge in [0, 0.05) is 18.1 Å². The van der Waals surface area contributed by atoms with E-state index in [-0.39, 0.29) is 17.6 Å². The Morgan fingerprint density at radius 1 is 0.923 bits per heavy atom. The van der Waals surface area contributed by atoms with Gasteiger partial charge in [-0.25, -0.2) is 4.39 Å². The second kappa shape index (κ2) is 7.87. The number of carbonyl (C=O) groups is 2. The van der Waals surface area contributed by atoms with Crippen LogP contribution in [0.25, 0.3) is 0 Å². The van der Waals surface area contributed by atoms with Crippen LogP contribution in [0.4, 0.5) is 4.39 Å². The Morgan fingerprint density at radius 3 is 2.12 bits per heavy atom. The quantitative estimate of drug-likeness (QED) is 0.731. The first-order chi connectivity index (χ1) is 12.5. The number of nitrogens with one attached hydrogen (secondary N) is 2. The summed E-state index contributed by atoms with van der Waals surface area (Å²) in [7, 11) is 0. The van der Waals surface area contributed by atoms with Gasteiger partial charge in [0.15, 0.2) is 0 Å². The fourth-order valence-corrected chi connectivity index (χ4v) is 2.90. The lowest BCUT2D eigenvalue weighted by molar-refractivity contribution is -0.137. The Bertz CT molecular complexity index is 786. The first-order valence-corrected chi connectivity index (χ1v) is 8.93. The van der Waals surface area contributed by atoms with Crippen LogP contribution in [0.1, 0.15) is 24.0 Å². The van der Waals surface area contributed by atoms with Gasteiger partial charge in [0.05, 0.1) is 0 Å². The van der Waals surface area contributed by atoms with E-state index in [4.69, 9.17) is 11.6 Å². The third-order valence-electron chi connectivity index (χ3n) is 4.60. The van der Waals surface area contributed by atoms with Gasteiger partial charge in [0.1, 0.15) is 11.2 Å². The molecule has 136 valence electrons. The molecule has 3 rings (SSSR count). The van der Waals surface area contributed by atoms with E-state index in [2.05, 4.69) is 10.6 Å². The minimum absolute atomic E-state index is 0.242. The number of rotatable bonds is 7. The molecule has 26 heavy (non-hydrogen) atoms. The SMILES string of the molecule is O=C(NCCc1ccc(F)cc1)C1(C(=O)NCc2ccc(Cl)cc2)CC1. The summed E-state index contributed by atoms with van der Waals surface area (Å²) in [4.78, 5) is 24.9. The van der Waals surface area contributed by atoms with Gasteiger partial charge < -0.3 is 10.6 Å². The number of amides is 2. The molecule has 2 aromatic carbocycles. The minimum atomic E-state index is -0.949. The summed E-state index contributed by atoms with van der Waals surface area (Å²) in [5, 5.41) is 6.29. The maximum atomic E-state index is 12.9. The normalized spacial score (nSPS) is 14.5. The lowest BCUT2D eigenvalue weighted by Gasteiger charge is -2.15. The average Bonchev–Trinajstić information content (AvgIpc) is 3.45. The molecule has 0 bridgehead atoms. The van der Waals surface area contributed by atoms with E-state index in [9.17, 15) is 14.0 Å². The van der Waals surface area contributed by atoms with Crippen molar-refractivity contribution in [3.8, 4) is 0 Å². The molecule has 2 aromatic rings. The fraction of sp³-hybridized carbons (Fsp3) is 0.300. The van der Waals surface area contributed by atoms with Crippen molar-refractivity contribution in [2.24, 2.45) is 5.41 Å². The van der Waals surface area contributed by atoms with Crippen molar-refractivity contribution < 1.29 is 14.0 Å². The molecule has 0 saturated heterocycles. The molecule has 0 aliphatic heterocycles. The first-order valence-electron chi connectivity index (χ1n) is 8.55. The van der Waals surface area contributed by atoms with E-state index in [0.29, 0.717) is 37.4 Å². The van der Waals surface area contributed by atoms with Crippen LogP contribution in [-0.4, -0.2) is 18.4 Å². The smallest absolute Gasteiger partial charge is 0.235 e. The molecular weight excluding hydrogens is 355 g/mol. The van der Waals surface area contributed by atoms with E-state index in [1.165, 1.54) is 12.1 Å². The van der Waals surface area contributed by atoms with E-state index >= 15 is 0 Å². The molecule has 0 heterocycles. The Balaban J connectivity index is 1.47. The number of hydrogen-bond donors (Lipinski definition) is 2. The Labute approximate surface area is 156 Å². The van der Waals surface area contributed by atoms with Gasteiger partial charge in [-0.1, -0.05) is 35.9 Å². The molecular formula is C20H20ClFN2O2. The molecule has 1 aliphatic carbocycles. The van der Waals surface area contributed by atoms with Gasteiger partial charge in [-0.15, -0.1) is 0 Å². The summed E-state index contributed by atoms with van der Waals surface area (Å²) >= 11 is 5.84. The highest BCUT2D eigenvalue weighted by molar-refractivity contribution is 6.30. The topological polar surface area (TPSA) is 58.2 Å². The van der Waals surface area contributed by atoms with Crippen LogP contribution in [0.2, 0.25) is 5.02 Å². The van der Waals surface area contributed by atoms with E-state index in [1.54, 1.807) is 24.3 Å². The van der Waals surface area contributed by atoms with Crippen LogP contribution in [0, 0.1) is 11.2 Å². The van der Waals surface area contributed by atoms with Crippen molar-refractivity contribution in [3.05, 3.63) is 70.5 Å².